The molecule has 132 valence electrons. The summed E-state index contributed by atoms with van der Waals surface area (Å²) in [5.41, 5.74) is 6.62. The maximum Gasteiger partial charge on any atom is 0.222 e. The van der Waals surface area contributed by atoms with Crippen LogP contribution in [0.15, 0.2) is 18.2 Å². The van der Waals surface area contributed by atoms with Crippen molar-refractivity contribution in [1.29, 1.82) is 0 Å². The van der Waals surface area contributed by atoms with Gasteiger partial charge in [-0.2, -0.15) is 0 Å². The zero-order valence-electron chi connectivity index (χ0n) is 14.7. The number of nitrogens with two attached hydrogens (primary N) is 1. The molecule has 2 N–H and O–H groups in total. The molecule has 5 nitrogen and oxygen atoms in total. The van der Waals surface area contributed by atoms with Gasteiger partial charge in [-0.3, -0.25) is 4.79 Å². The van der Waals surface area contributed by atoms with Gasteiger partial charge in [-0.05, 0) is 42.1 Å². The van der Waals surface area contributed by atoms with Crippen molar-refractivity contribution in [3.8, 4) is 11.5 Å². The lowest BCUT2D eigenvalue weighted by atomic mass is 9.93. The Balaban J connectivity index is 0.00000484. The number of methoxy groups -OCH3 is 2. The van der Waals surface area contributed by atoms with Crippen LogP contribution in [0.3, 0.4) is 0 Å². The largest absolute Gasteiger partial charge is 0.497 e. The first-order valence-corrected chi connectivity index (χ1v) is 7.48. The normalized spacial score (nSPS) is 10.7. The number of halogens is 1. The Kier molecular flexibility index (Phi) is 9.02. The number of nitrogens with zero attached hydrogens (tertiary/aromatic N) is 1. The molecule has 0 aliphatic heterocycles. The average Bonchev–Trinajstić information content (AvgIpc) is 2.51. The van der Waals surface area contributed by atoms with Crippen molar-refractivity contribution in [2.24, 2.45) is 11.1 Å². The van der Waals surface area contributed by atoms with Gasteiger partial charge in [-0.15, -0.1) is 12.4 Å². The van der Waals surface area contributed by atoms with Gasteiger partial charge in [0.15, 0.2) is 0 Å². The third-order valence-corrected chi connectivity index (χ3v) is 3.74. The minimum absolute atomic E-state index is 0. The Bertz CT molecular complexity index is 507. The monoisotopic (exact) mass is 344 g/mol. The van der Waals surface area contributed by atoms with Gasteiger partial charge in [0.2, 0.25) is 5.91 Å². The van der Waals surface area contributed by atoms with E-state index in [0.717, 1.165) is 17.1 Å². The first-order valence-electron chi connectivity index (χ1n) is 7.48. The Hall–Kier alpha value is -1.46. The third-order valence-electron chi connectivity index (χ3n) is 3.74. The van der Waals surface area contributed by atoms with E-state index in [9.17, 15) is 4.79 Å². The fourth-order valence-corrected chi connectivity index (χ4v) is 2.30. The van der Waals surface area contributed by atoms with E-state index in [1.165, 1.54) is 0 Å². The van der Waals surface area contributed by atoms with Gasteiger partial charge in [-0.25, -0.2) is 0 Å². The molecule has 0 radical (unpaired) electrons. The van der Waals surface area contributed by atoms with E-state index in [-0.39, 0.29) is 23.7 Å². The van der Waals surface area contributed by atoms with Crippen molar-refractivity contribution in [3.63, 3.8) is 0 Å². The van der Waals surface area contributed by atoms with Crippen LogP contribution in [0.25, 0.3) is 0 Å². The number of amides is 1. The highest BCUT2D eigenvalue weighted by atomic mass is 35.5. The quantitative estimate of drug-likeness (QED) is 0.787. The summed E-state index contributed by atoms with van der Waals surface area (Å²) in [7, 11) is 5.07. The number of hydrogen-bond donors (Lipinski definition) is 1. The maximum absolute atomic E-state index is 12.3. The molecule has 0 fully saturated rings. The van der Waals surface area contributed by atoms with E-state index in [4.69, 9.17) is 15.2 Å². The number of carbonyl (C=O) groups is 1. The molecule has 0 unspecified atom stereocenters. The van der Waals surface area contributed by atoms with Crippen LogP contribution in [0.2, 0.25) is 0 Å². The van der Waals surface area contributed by atoms with Crippen LogP contribution in [-0.4, -0.2) is 45.2 Å². The van der Waals surface area contributed by atoms with E-state index in [0.29, 0.717) is 25.9 Å². The summed E-state index contributed by atoms with van der Waals surface area (Å²) < 4.78 is 10.6. The van der Waals surface area contributed by atoms with E-state index >= 15 is 0 Å². The van der Waals surface area contributed by atoms with Crippen LogP contribution >= 0.6 is 12.4 Å². The molecule has 0 saturated carbocycles. The second-order valence-electron chi connectivity index (χ2n) is 6.30. The van der Waals surface area contributed by atoms with Gasteiger partial charge in [0.25, 0.3) is 0 Å². The summed E-state index contributed by atoms with van der Waals surface area (Å²) in [5, 5.41) is 0. The van der Waals surface area contributed by atoms with Gasteiger partial charge < -0.3 is 20.1 Å². The number of carbonyl (C=O) groups excluding carboxylic acids is 1. The minimum atomic E-state index is -0.0714. The predicted octanol–water partition coefficient (Wildman–Crippen LogP) is 2.50. The van der Waals surface area contributed by atoms with Gasteiger partial charge in [-0.1, -0.05) is 13.8 Å². The molecule has 0 saturated heterocycles. The summed E-state index contributed by atoms with van der Waals surface area (Å²) in [6.07, 6.45) is 1.05. The smallest absolute Gasteiger partial charge is 0.222 e. The second kappa shape index (κ2) is 9.63. The Morgan fingerprint density at radius 1 is 1.26 bits per heavy atom. The number of ether oxygens (including phenoxy) is 2. The zero-order valence-corrected chi connectivity index (χ0v) is 15.5. The molecule has 1 amide bonds. The van der Waals surface area contributed by atoms with Gasteiger partial charge in [0, 0.05) is 20.0 Å². The molecule has 23 heavy (non-hydrogen) atoms. The van der Waals surface area contributed by atoms with E-state index < -0.39 is 0 Å². The topological polar surface area (TPSA) is 64.8 Å². The van der Waals surface area contributed by atoms with Crippen molar-refractivity contribution < 1.29 is 14.3 Å². The maximum atomic E-state index is 12.3. The van der Waals surface area contributed by atoms with Crippen LogP contribution in [0, 0.1) is 5.41 Å². The Morgan fingerprint density at radius 3 is 2.43 bits per heavy atom. The molecule has 1 aromatic carbocycles. The highest BCUT2D eigenvalue weighted by molar-refractivity contribution is 5.85. The molecule has 0 aliphatic rings. The molecular formula is C17H29ClN2O3. The van der Waals surface area contributed by atoms with Crippen LogP contribution in [0.1, 0.15) is 25.8 Å². The van der Waals surface area contributed by atoms with E-state index in [1.807, 2.05) is 25.2 Å². The summed E-state index contributed by atoms with van der Waals surface area (Å²) in [6.45, 7) is 5.32. The number of benzene rings is 1. The van der Waals surface area contributed by atoms with Crippen LogP contribution in [-0.2, 0) is 11.2 Å². The van der Waals surface area contributed by atoms with Crippen molar-refractivity contribution in [1.82, 2.24) is 4.90 Å². The lowest BCUT2D eigenvalue weighted by molar-refractivity contribution is -0.131. The Labute approximate surface area is 145 Å². The Morgan fingerprint density at radius 2 is 1.91 bits per heavy atom. The summed E-state index contributed by atoms with van der Waals surface area (Å²) >= 11 is 0. The molecule has 1 rings (SSSR count). The lowest BCUT2D eigenvalue weighted by Gasteiger charge is -2.29. The summed E-state index contributed by atoms with van der Waals surface area (Å²) in [4.78, 5) is 14.0. The first kappa shape index (κ1) is 21.5. The lowest BCUT2D eigenvalue weighted by Crippen LogP contribution is -2.39. The fraction of sp³-hybridized carbons (Fsp3) is 0.588. The second-order valence-corrected chi connectivity index (χ2v) is 6.30. The predicted molar refractivity (Wildman–Crippen MR) is 95.6 cm³/mol. The highest BCUT2D eigenvalue weighted by Gasteiger charge is 2.21. The van der Waals surface area contributed by atoms with Gasteiger partial charge in [0.1, 0.15) is 11.5 Å². The standard InChI is InChI=1S/C17H28N2O3.ClH/c1-17(2,11-18)12-19(3)16(20)9-6-13-10-14(21-4)7-8-15(13)22-5;/h7-8,10H,6,9,11-12,18H2,1-5H3;1H. The fourth-order valence-electron chi connectivity index (χ4n) is 2.30. The van der Waals surface area contributed by atoms with Crippen LogP contribution < -0.4 is 15.2 Å². The van der Waals surface area contributed by atoms with Crippen molar-refractivity contribution >= 4 is 18.3 Å². The summed E-state index contributed by atoms with van der Waals surface area (Å²) in [5.74, 6) is 1.64. The van der Waals surface area contributed by atoms with Crippen molar-refractivity contribution in [3.05, 3.63) is 23.8 Å². The van der Waals surface area contributed by atoms with Crippen molar-refractivity contribution in [2.45, 2.75) is 26.7 Å². The molecule has 1 aromatic rings. The van der Waals surface area contributed by atoms with Gasteiger partial charge in [0.05, 0.1) is 14.2 Å². The van der Waals surface area contributed by atoms with E-state index in [2.05, 4.69) is 13.8 Å². The van der Waals surface area contributed by atoms with Gasteiger partial charge >= 0.3 is 0 Å². The molecule has 6 heteroatoms. The number of aryl methyl sites for hydroxylation is 1. The molecule has 0 spiro atoms. The van der Waals surface area contributed by atoms with Crippen LogP contribution in [0.5, 0.6) is 11.5 Å². The van der Waals surface area contributed by atoms with Crippen molar-refractivity contribution in [2.75, 3.05) is 34.4 Å². The molecular weight excluding hydrogens is 316 g/mol. The molecule has 0 heterocycles. The number of hydrogen-bond acceptors (Lipinski definition) is 4. The molecule has 0 aliphatic carbocycles. The first-order chi connectivity index (χ1) is 10.3. The third kappa shape index (κ3) is 6.67. The SMILES string of the molecule is COc1ccc(OC)c(CCC(=O)N(C)CC(C)(C)CN)c1.Cl. The minimum Gasteiger partial charge on any atom is -0.497 e. The summed E-state index contributed by atoms with van der Waals surface area (Å²) in [6, 6.07) is 5.62. The highest BCUT2D eigenvalue weighted by Crippen LogP contribution is 2.25. The van der Waals surface area contributed by atoms with E-state index in [1.54, 1.807) is 19.1 Å². The average molecular weight is 345 g/mol. The molecule has 0 aromatic heterocycles. The van der Waals surface area contributed by atoms with Crippen LogP contribution in [0.4, 0.5) is 0 Å². The molecule has 0 atom stereocenters. The number of rotatable bonds is 8. The zero-order chi connectivity index (χ0) is 16.8. The molecule has 0 bridgehead atoms.